The molecule has 0 N–H and O–H groups in total. The molecule has 1 aromatic rings. The molecule has 4 heteroatoms. The fourth-order valence-corrected chi connectivity index (χ4v) is 2.77. The highest BCUT2D eigenvalue weighted by Crippen LogP contribution is 2.13. The molecule has 0 radical (unpaired) electrons. The van der Waals surface area contributed by atoms with Gasteiger partial charge in [0, 0.05) is 19.6 Å². The SMILES string of the molecule is Cc1cccc(OCCN(C)C(C)C(=O)N2CCCCC2)c1. The second-order valence-electron chi connectivity index (χ2n) is 6.21. The van der Waals surface area contributed by atoms with Gasteiger partial charge >= 0.3 is 0 Å². The maximum absolute atomic E-state index is 12.5. The molecule has 1 atom stereocenters. The van der Waals surface area contributed by atoms with E-state index in [0.29, 0.717) is 6.61 Å². The van der Waals surface area contributed by atoms with Crippen molar-refractivity contribution in [1.29, 1.82) is 0 Å². The number of hydrogen-bond donors (Lipinski definition) is 0. The number of carbonyl (C=O) groups excluding carboxylic acids is 1. The van der Waals surface area contributed by atoms with Gasteiger partial charge in [-0.15, -0.1) is 0 Å². The summed E-state index contributed by atoms with van der Waals surface area (Å²) in [6, 6.07) is 7.96. The number of carbonyl (C=O) groups is 1. The van der Waals surface area contributed by atoms with Crippen LogP contribution in [-0.2, 0) is 4.79 Å². The van der Waals surface area contributed by atoms with Crippen LogP contribution in [0.25, 0.3) is 0 Å². The highest BCUT2D eigenvalue weighted by Gasteiger charge is 2.24. The predicted molar refractivity (Wildman–Crippen MR) is 89.2 cm³/mol. The zero-order chi connectivity index (χ0) is 15.9. The van der Waals surface area contributed by atoms with E-state index in [1.165, 1.54) is 12.0 Å². The minimum Gasteiger partial charge on any atom is -0.492 e. The molecule has 0 aromatic heterocycles. The van der Waals surface area contributed by atoms with E-state index in [1.807, 2.05) is 37.1 Å². The zero-order valence-corrected chi connectivity index (χ0v) is 14.0. The molecule has 4 nitrogen and oxygen atoms in total. The third-order valence-corrected chi connectivity index (χ3v) is 4.39. The van der Waals surface area contributed by atoms with Gasteiger partial charge in [0.1, 0.15) is 12.4 Å². The van der Waals surface area contributed by atoms with E-state index in [0.717, 1.165) is 38.2 Å². The fourth-order valence-electron chi connectivity index (χ4n) is 2.77. The number of likely N-dealkylation sites (tertiary alicyclic amines) is 1. The van der Waals surface area contributed by atoms with Crippen LogP contribution in [0.3, 0.4) is 0 Å². The summed E-state index contributed by atoms with van der Waals surface area (Å²) < 4.78 is 5.77. The molecule has 2 rings (SSSR count). The number of aryl methyl sites for hydroxylation is 1. The molecule has 122 valence electrons. The Balaban J connectivity index is 1.76. The Hall–Kier alpha value is -1.55. The van der Waals surface area contributed by atoms with Crippen LogP contribution in [0.1, 0.15) is 31.7 Å². The molecule has 22 heavy (non-hydrogen) atoms. The second-order valence-corrected chi connectivity index (χ2v) is 6.21. The maximum Gasteiger partial charge on any atom is 0.239 e. The van der Waals surface area contributed by atoms with Crippen molar-refractivity contribution in [2.24, 2.45) is 0 Å². The van der Waals surface area contributed by atoms with Gasteiger partial charge in [-0.05, 0) is 57.9 Å². The van der Waals surface area contributed by atoms with Crippen LogP contribution in [0.2, 0.25) is 0 Å². The molecule has 1 aliphatic rings. The summed E-state index contributed by atoms with van der Waals surface area (Å²) in [6.07, 6.45) is 3.52. The van der Waals surface area contributed by atoms with Gasteiger partial charge in [-0.25, -0.2) is 0 Å². The van der Waals surface area contributed by atoms with Gasteiger partial charge in [0.15, 0.2) is 0 Å². The minimum absolute atomic E-state index is 0.0841. The van der Waals surface area contributed by atoms with Crippen molar-refractivity contribution >= 4 is 5.91 Å². The quantitative estimate of drug-likeness (QED) is 0.810. The van der Waals surface area contributed by atoms with E-state index in [9.17, 15) is 4.79 Å². The summed E-state index contributed by atoms with van der Waals surface area (Å²) in [4.78, 5) is 16.5. The highest BCUT2D eigenvalue weighted by molar-refractivity contribution is 5.81. The van der Waals surface area contributed by atoms with Crippen LogP contribution in [-0.4, -0.2) is 55.0 Å². The van der Waals surface area contributed by atoms with E-state index in [4.69, 9.17) is 4.74 Å². The van der Waals surface area contributed by atoms with Crippen molar-refractivity contribution in [3.8, 4) is 5.75 Å². The molecular weight excluding hydrogens is 276 g/mol. The van der Waals surface area contributed by atoms with E-state index in [2.05, 4.69) is 17.9 Å². The molecule has 0 saturated carbocycles. The van der Waals surface area contributed by atoms with Gasteiger partial charge in [-0.1, -0.05) is 12.1 Å². The van der Waals surface area contributed by atoms with E-state index >= 15 is 0 Å². The van der Waals surface area contributed by atoms with Crippen molar-refractivity contribution in [3.05, 3.63) is 29.8 Å². The summed E-state index contributed by atoms with van der Waals surface area (Å²) in [6.45, 7) is 7.21. The van der Waals surface area contributed by atoms with Gasteiger partial charge in [0.05, 0.1) is 6.04 Å². The first kappa shape index (κ1) is 16.8. The number of piperidine rings is 1. The Morgan fingerprint density at radius 2 is 2.05 bits per heavy atom. The van der Waals surface area contributed by atoms with Crippen molar-refractivity contribution < 1.29 is 9.53 Å². The van der Waals surface area contributed by atoms with Crippen molar-refractivity contribution in [2.75, 3.05) is 33.3 Å². The molecule has 1 aliphatic heterocycles. The minimum atomic E-state index is -0.0841. The Bertz CT molecular complexity index is 484. The number of likely N-dealkylation sites (N-methyl/N-ethyl adjacent to an activating group) is 1. The number of amides is 1. The second kappa shape index (κ2) is 8.18. The number of nitrogens with zero attached hydrogens (tertiary/aromatic N) is 2. The fraction of sp³-hybridized carbons (Fsp3) is 0.611. The van der Waals surface area contributed by atoms with Crippen molar-refractivity contribution in [1.82, 2.24) is 9.80 Å². The average molecular weight is 304 g/mol. The molecule has 1 fully saturated rings. The zero-order valence-electron chi connectivity index (χ0n) is 14.0. The standard InChI is InChI=1S/C18H28N2O2/c1-15-8-7-9-17(14-15)22-13-12-19(3)16(2)18(21)20-10-5-4-6-11-20/h7-9,14,16H,4-6,10-13H2,1-3H3. The number of rotatable bonds is 6. The molecule has 1 heterocycles. The van der Waals surface area contributed by atoms with Crippen LogP contribution in [0.5, 0.6) is 5.75 Å². The smallest absolute Gasteiger partial charge is 0.239 e. The summed E-state index contributed by atoms with van der Waals surface area (Å²) >= 11 is 0. The first-order valence-corrected chi connectivity index (χ1v) is 8.26. The first-order chi connectivity index (χ1) is 10.6. The lowest BCUT2D eigenvalue weighted by molar-refractivity contribution is -0.136. The van der Waals surface area contributed by atoms with Gasteiger partial charge in [0.2, 0.25) is 5.91 Å². The average Bonchev–Trinajstić information content (AvgIpc) is 2.54. The third kappa shape index (κ3) is 4.73. The Kier molecular flexibility index (Phi) is 6.25. The van der Waals surface area contributed by atoms with E-state index in [1.54, 1.807) is 0 Å². The highest BCUT2D eigenvalue weighted by atomic mass is 16.5. The first-order valence-electron chi connectivity index (χ1n) is 8.26. The summed E-state index contributed by atoms with van der Waals surface area (Å²) in [5, 5.41) is 0. The van der Waals surface area contributed by atoms with Crippen LogP contribution in [0, 0.1) is 6.92 Å². The molecule has 1 saturated heterocycles. The number of ether oxygens (including phenoxy) is 1. The van der Waals surface area contributed by atoms with E-state index < -0.39 is 0 Å². The van der Waals surface area contributed by atoms with Crippen LogP contribution in [0.15, 0.2) is 24.3 Å². The molecule has 1 aromatic carbocycles. The summed E-state index contributed by atoms with van der Waals surface area (Å²) in [7, 11) is 1.99. The topological polar surface area (TPSA) is 32.8 Å². The van der Waals surface area contributed by atoms with Gasteiger partial charge in [0.25, 0.3) is 0 Å². The van der Waals surface area contributed by atoms with Crippen LogP contribution < -0.4 is 4.74 Å². The lowest BCUT2D eigenvalue weighted by Crippen LogP contribution is -2.48. The van der Waals surface area contributed by atoms with Gasteiger partial charge in [-0.3, -0.25) is 9.69 Å². The number of hydrogen-bond acceptors (Lipinski definition) is 3. The normalized spacial score (nSPS) is 16.6. The lowest BCUT2D eigenvalue weighted by atomic mass is 10.1. The molecular formula is C18H28N2O2. The third-order valence-electron chi connectivity index (χ3n) is 4.39. The largest absolute Gasteiger partial charge is 0.492 e. The molecule has 1 amide bonds. The monoisotopic (exact) mass is 304 g/mol. The van der Waals surface area contributed by atoms with Gasteiger partial charge < -0.3 is 9.64 Å². The molecule has 0 bridgehead atoms. The van der Waals surface area contributed by atoms with Gasteiger partial charge in [-0.2, -0.15) is 0 Å². The van der Waals surface area contributed by atoms with E-state index in [-0.39, 0.29) is 11.9 Å². The van der Waals surface area contributed by atoms with Crippen molar-refractivity contribution in [2.45, 2.75) is 39.2 Å². The Labute approximate surface area is 134 Å². The molecule has 0 spiro atoms. The van der Waals surface area contributed by atoms with Crippen molar-refractivity contribution in [3.63, 3.8) is 0 Å². The van der Waals surface area contributed by atoms with Crippen LogP contribution in [0.4, 0.5) is 0 Å². The summed E-state index contributed by atoms with van der Waals surface area (Å²) in [5.74, 6) is 1.14. The summed E-state index contributed by atoms with van der Waals surface area (Å²) in [5.41, 5.74) is 1.19. The molecule has 1 unspecified atom stereocenters. The number of benzene rings is 1. The Morgan fingerprint density at radius 1 is 1.32 bits per heavy atom. The predicted octanol–water partition coefficient (Wildman–Crippen LogP) is 2.71. The maximum atomic E-state index is 12.5. The lowest BCUT2D eigenvalue weighted by Gasteiger charge is -2.32. The Morgan fingerprint density at radius 3 is 2.73 bits per heavy atom. The van der Waals surface area contributed by atoms with Crippen LogP contribution >= 0.6 is 0 Å². The molecule has 0 aliphatic carbocycles.